The predicted octanol–water partition coefficient (Wildman–Crippen LogP) is 4.56. The topological polar surface area (TPSA) is 33.4 Å². The first-order valence-corrected chi connectivity index (χ1v) is 7.85. The van der Waals surface area contributed by atoms with Crippen molar-refractivity contribution >= 4 is 40.8 Å². The van der Waals surface area contributed by atoms with E-state index in [1.54, 1.807) is 0 Å². The molecular formula is C19H19ClN4. The highest BCUT2D eigenvalue weighted by Gasteiger charge is 2.21. The van der Waals surface area contributed by atoms with Crippen LogP contribution < -0.4 is 5.01 Å². The normalized spacial score (nSPS) is 13.7. The number of aromatic nitrogens is 2. The van der Waals surface area contributed by atoms with Gasteiger partial charge >= 0.3 is 0 Å². The Labute approximate surface area is 147 Å². The van der Waals surface area contributed by atoms with Crippen LogP contribution in [0.15, 0.2) is 65.8 Å². The monoisotopic (exact) mass is 338 g/mol. The van der Waals surface area contributed by atoms with Crippen LogP contribution in [0.1, 0.15) is 19.4 Å². The predicted molar refractivity (Wildman–Crippen MR) is 103 cm³/mol. The molecular weight excluding hydrogens is 320 g/mol. The summed E-state index contributed by atoms with van der Waals surface area (Å²) in [5.41, 5.74) is 5.31. The number of rotatable bonds is 2. The van der Waals surface area contributed by atoms with Gasteiger partial charge in [0.2, 0.25) is 5.95 Å². The second kappa shape index (κ2) is 6.49. The number of allylic oxidation sites excluding steroid dienone is 1. The van der Waals surface area contributed by atoms with Crippen molar-refractivity contribution in [2.75, 3.05) is 11.6 Å². The number of fused-ring (bicyclic) bond motifs is 3. The quantitative estimate of drug-likeness (QED) is 0.686. The Hall–Kier alpha value is -2.59. The van der Waals surface area contributed by atoms with Crippen molar-refractivity contribution in [2.45, 2.75) is 13.8 Å². The van der Waals surface area contributed by atoms with E-state index in [-0.39, 0.29) is 12.4 Å². The molecule has 3 aromatic rings. The fourth-order valence-electron chi connectivity index (χ4n) is 2.98. The lowest BCUT2D eigenvalue weighted by Gasteiger charge is -2.17. The second-order valence-corrected chi connectivity index (χ2v) is 5.59. The minimum atomic E-state index is 0. The van der Waals surface area contributed by atoms with Gasteiger partial charge in [-0.15, -0.1) is 12.4 Å². The fourth-order valence-corrected chi connectivity index (χ4v) is 2.98. The Kier molecular flexibility index (Phi) is 4.40. The molecule has 0 radical (unpaired) electrons. The highest BCUT2D eigenvalue weighted by molar-refractivity contribution is 6.02. The lowest BCUT2D eigenvalue weighted by atomic mass is 10.1. The summed E-state index contributed by atoms with van der Waals surface area (Å²) in [6.07, 6.45) is 2.13. The minimum absolute atomic E-state index is 0. The summed E-state index contributed by atoms with van der Waals surface area (Å²) < 4.78 is 2.20. The number of hydrazone groups is 1. The van der Waals surface area contributed by atoms with E-state index in [0.717, 1.165) is 40.5 Å². The first-order valence-electron chi connectivity index (χ1n) is 7.85. The fraction of sp³-hybridized carbons (Fsp3) is 0.158. The van der Waals surface area contributed by atoms with Crippen molar-refractivity contribution in [3.8, 4) is 0 Å². The first-order chi connectivity index (χ1) is 11.3. The Bertz CT molecular complexity index is 925. The maximum Gasteiger partial charge on any atom is 0.232 e. The minimum Gasteiger partial charge on any atom is -0.277 e. The highest BCUT2D eigenvalue weighted by atomic mass is 35.5. The summed E-state index contributed by atoms with van der Waals surface area (Å²) in [7, 11) is 0. The van der Waals surface area contributed by atoms with Gasteiger partial charge in [0.25, 0.3) is 0 Å². The van der Waals surface area contributed by atoms with E-state index in [1.807, 2.05) is 30.1 Å². The van der Waals surface area contributed by atoms with Crippen molar-refractivity contribution < 1.29 is 0 Å². The van der Waals surface area contributed by atoms with Crippen LogP contribution in [0.2, 0.25) is 0 Å². The zero-order chi connectivity index (χ0) is 15.8. The van der Waals surface area contributed by atoms with Gasteiger partial charge in [-0.05, 0) is 37.6 Å². The second-order valence-electron chi connectivity index (χ2n) is 5.59. The van der Waals surface area contributed by atoms with Gasteiger partial charge in [0.15, 0.2) is 0 Å². The number of anilines is 1. The number of halogens is 1. The molecule has 0 N–H and O–H groups in total. The van der Waals surface area contributed by atoms with Crippen molar-refractivity contribution in [3.63, 3.8) is 0 Å². The molecule has 0 unspecified atom stereocenters. The molecule has 24 heavy (non-hydrogen) atoms. The summed E-state index contributed by atoms with van der Waals surface area (Å²) in [5.74, 6) is 0.862. The van der Waals surface area contributed by atoms with Crippen LogP contribution in [-0.4, -0.2) is 21.8 Å². The number of benzene rings is 2. The molecule has 0 spiro atoms. The molecule has 0 saturated heterocycles. The number of nitrogens with zero attached hydrogens (tertiary/aromatic N) is 4. The summed E-state index contributed by atoms with van der Waals surface area (Å²) in [6, 6.07) is 18.6. The van der Waals surface area contributed by atoms with E-state index in [1.165, 1.54) is 0 Å². The molecule has 122 valence electrons. The van der Waals surface area contributed by atoms with Gasteiger partial charge in [0, 0.05) is 6.54 Å². The van der Waals surface area contributed by atoms with Crippen LogP contribution in [0.4, 0.5) is 5.95 Å². The molecule has 0 fully saturated rings. The van der Waals surface area contributed by atoms with Gasteiger partial charge in [0.1, 0.15) is 0 Å². The maximum absolute atomic E-state index is 4.82. The molecule has 1 aromatic heterocycles. The molecule has 5 heteroatoms. The van der Waals surface area contributed by atoms with Gasteiger partial charge in [0.05, 0.1) is 22.4 Å². The summed E-state index contributed by atoms with van der Waals surface area (Å²) in [5, 5.41) is 6.66. The van der Waals surface area contributed by atoms with Crippen LogP contribution in [0.25, 0.3) is 16.7 Å². The summed E-state index contributed by atoms with van der Waals surface area (Å²) in [6.45, 7) is 4.89. The van der Waals surface area contributed by atoms with Gasteiger partial charge in [-0.25, -0.2) is 9.99 Å². The lowest BCUT2D eigenvalue weighted by Crippen LogP contribution is -2.19. The summed E-state index contributed by atoms with van der Waals surface area (Å²) in [4.78, 5) is 4.82. The Morgan fingerprint density at radius 3 is 2.42 bits per heavy atom. The van der Waals surface area contributed by atoms with E-state index >= 15 is 0 Å². The third-order valence-corrected chi connectivity index (χ3v) is 4.01. The van der Waals surface area contributed by atoms with Crippen LogP contribution in [0.5, 0.6) is 0 Å². The smallest absolute Gasteiger partial charge is 0.232 e. The van der Waals surface area contributed by atoms with Crippen LogP contribution in [-0.2, 0) is 0 Å². The molecule has 0 bridgehead atoms. The van der Waals surface area contributed by atoms with E-state index in [2.05, 4.69) is 54.0 Å². The molecule has 1 aliphatic heterocycles. The Morgan fingerprint density at radius 1 is 0.958 bits per heavy atom. The van der Waals surface area contributed by atoms with E-state index in [9.17, 15) is 0 Å². The van der Waals surface area contributed by atoms with Gasteiger partial charge in [-0.3, -0.25) is 4.57 Å². The summed E-state index contributed by atoms with van der Waals surface area (Å²) >= 11 is 0. The Morgan fingerprint density at radius 2 is 1.67 bits per heavy atom. The van der Waals surface area contributed by atoms with E-state index < -0.39 is 0 Å². The van der Waals surface area contributed by atoms with Crippen LogP contribution in [0.3, 0.4) is 0 Å². The number of hydrogen-bond donors (Lipinski definition) is 0. The van der Waals surface area contributed by atoms with Gasteiger partial charge in [-0.1, -0.05) is 42.5 Å². The molecule has 4 nitrogen and oxygen atoms in total. The molecule has 0 aliphatic carbocycles. The molecule has 2 heterocycles. The maximum atomic E-state index is 4.82. The molecule has 0 amide bonds. The largest absolute Gasteiger partial charge is 0.277 e. The standard InChI is InChI=1S/C19H18N4.ClH/c1-3-22-19-20-16-11-7-8-12-17(16)23(19)18(13-14(2)21-22)15-9-5-4-6-10-15;/h4-13H,3H2,1-2H3;1H. The van der Waals surface area contributed by atoms with Crippen molar-refractivity contribution in [2.24, 2.45) is 5.10 Å². The SMILES string of the molecule is CCN1N=C(C)C=C(c2ccccc2)n2c1nc1ccccc12.Cl. The number of imidazole rings is 1. The van der Waals surface area contributed by atoms with Crippen molar-refractivity contribution in [3.05, 3.63) is 66.2 Å². The molecule has 2 aromatic carbocycles. The average molecular weight is 339 g/mol. The van der Waals surface area contributed by atoms with Crippen molar-refractivity contribution in [1.29, 1.82) is 0 Å². The first kappa shape index (κ1) is 16.3. The molecule has 4 rings (SSSR count). The third-order valence-electron chi connectivity index (χ3n) is 4.01. The van der Waals surface area contributed by atoms with E-state index in [4.69, 9.17) is 10.1 Å². The molecule has 0 atom stereocenters. The van der Waals surface area contributed by atoms with Crippen molar-refractivity contribution in [1.82, 2.24) is 9.55 Å². The van der Waals surface area contributed by atoms with Crippen LogP contribution >= 0.6 is 12.4 Å². The lowest BCUT2D eigenvalue weighted by molar-refractivity contribution is 0.840. The average Bonchev–Trinajstić information content (AvgIpc) is 2.91. The highest BCUT2D eigenvalue weighted by Crippen LogP contribution is 2.32. The number of para-hydroxylation sites is 2. The van der Waals surface area contributed by atoms with E-state index in [0.29, 0.717) is 0 Å². The van der Waals surface area contributed by atoms with Crippen LogP contribution in [0, 0.1) is 0 Å². The third kappa shape index (κ3) is 2.59. The zero-order valence-electron chi connectivity index (χ0n) is 13.7. The molecule has 1 aliphatic rings. The van der Waals surface area contributed by atoms with Gasteiger partial charge in [-0.2, -0.15) is 5.10 Å². The zero-order valence-corrected chi connectivity index (χ0v) is 14.5. The number of hydrogen-bond acceptors (Lipinski definition) is 3. The van der Waals surface area contributed by atoms with Gasteiger partial charge < -0.3 is 0 Å². The molecule has 0 saturated carbocycles. The Balaban J connectivity index is 0.00000169.